The van der Waals surface area contributed by atoms with Crippen molar-refractivity contribution >= 4 is 29.3 Å². The number of para-hydroxylation sites is 1. The van der Waals surface area contributed by atoms with Crippen LogP contribution in [0, 0.1) is 24.0 Å². The first-order valence-electron chi connectivity index (χ1n) is 9.39. The standard InChI is InChI=1S/C15H21NO4.C5H8N2O2S/c1-10-7-6-8-11(2)14(10)16(13(17)9-19-4)12(3)15(18)20-5;8-7(9)4-5-6-2-1-3-10-5/h6-8,12H,9H2,1-5H3;4,6H,1-3H2/b;5-4-. The second kappa shape index (κ2) is 12.9. The Bertz CT molecular complexity index is 756. The monoisotopic (exact) mass is 439 g/mol. The number of carbonyl (C=O) groups excluding carboxylic acids is 2. The van der Waals surface area contributed by atoms with Crippen LogP contribution in [0.15, 0.2) is 29.4 Å². The number of anilines is 1. The van der Waals surface area contributed by atoms with Crippen molar-refractivity contribution in [1.29, 1.82) is 0 Å². The zero-order valence-corrected chi connectivity index (χ0v) is 18.8. The van der Waals surface area contributed by atoms with Gasteiger partial charge in [-0.2, -0.15) is 0 Å². The average molecular weight is 440 g/mol. The lowest BCUT2D eigenvalue weighted by atomic mass is 10.1. The Kier molecular flexibility index (Phi) is 10.9. The minimum Gasteiger partial charge on any atom is -0.467 e. The summed E-state index contributed by atoms with van der Waals surface area (Å²) >= 11 is 1.50. The van der Waals surface area contributed by atoms with Crippen LogP contribution in [0.5, 0.6) is 0 Å². The summed E-state index contributed by atoms with van der Waals surface area (Å²) in [5.41, 5.74) is 2.57. The number of aryl methyl sites for hydroxylation is 2. The first-order chi connectivity index (χ1) is 14.2. The maximum atomic E-state index is 12.3. The predicted molar refractivity (Wildman–Crippen MR) is 117 cm³/mol. The normalized spacial score (nSPS) is 15.3. The molecule has 0 spiro atoms. The molecule has 1 aliphatic rings. The van der Waals surface area contributed by atoms with Crippen molar-refractivity contribution in [2.45, 2.75) is 33.2 Å². The van der Waals surface area contributed by atoms with Crippen molar-refractivity contribution in [3.63, 3.8) is 0 Å². The van der Waals surface area contributed by atoms with Gasteiger partial charge in [-0.1, -0.05) is 18.2 Å². The third-order valence-corrected chi connectivity index (χ3v) is 5.30. The number of nitrogens with zero attached hydrogens (tertiary/aromatic N) is 2. The Balaban J connectivity index is 0.000000375. The fraction of sp³-hybridized carbons (Fsp3) is 0.500. The number of hydrogen-bond acceptors (Lipinski definition) is 8. The smallest absolute Gasteiger partial charge is 0.328 e. The van der Waals surface area contributed by atoms with Crippen molar-refractivity contribution in [1.82, 2.24) is 5.32 Å². The van der Waals surface area contributed by atoms with Gasteiger partial charge in [0.1, 0.15) is 17.7 Å². The average Bonchev–Trinajstić information content (AvgIpc) is 2.70. The highest BCUT2D eigenvalue weighted by molar-refractivity contribution is 8.03. The topological polar surface area (TPSA) is 111 Å². The minimum absolute atomic E-state index is 0.0882. The highest BCUT2D eigenvalue weighted by Crippen LogP contribution is 2.27. The highest BCUT2D eigenvalue weighted by atomic mass is 32.2. The van der Waals surface area contributed by atoms with E-state index in [0.717, 1.165) is 41.7 Å². The van der Waals surface area contributed by atoms with Crippen LogP contribution in [0.2, 0.25) is 0 Å². The summed E-state index contributed by atoms with van der Waals surface area (Å²) in [5.74, 6) is 0.243. The van der Waals surface area contributed by atoms with Crippen molar-refractivity contribution in [2.75, 3.05) is 38.0 Å². The Morgan fingerprint density at radius 3 is 2.43 bits per heavy atom. The molecule has 1 unspecified atom stereocenters. The third-order valence-electron chi connectivity index (χ3n) is 4.25. The van der Waals surface area contributed by atoms with Crippen LogP contribution in [0.4, 0.5) is 5.69 Å². The van der Waals surface area contributed by atoms with Crippen molar-refractivity contribution in [2.24, 2.45) is 0 Å². The molecular formula is C20H29N3O6S. The van der Waals surface area contributed by atoms with Crippen LogP contribution in [0.1, 0.15) is 24.5 Å². The van der Waals surface area contributed by atoms with Gasteiger partial charge in [-0.15, -0.1) is 11.8 Å². The molecule has 0 aliphatic carbocycles. The SMILES string of the molecule is COCC(=O)N(c1c(C)cccc1C)C(C)C(=O)OC.O=[N+]([O-])/C=C1/NCCCS1. The van der Waals surface area contributed by atoms with Gasteiger partial charge < -0.3 is 14.8 Å². The fourth-order valence-corrected chi connectivity index (χ4v) is 3.76. The van der Waals surface area contributed by atoms with E-state index < -0.39 is 16.9 Å². The molecule has 1 aromatic rings. The largest absolute Gasteiger partial charge is 0.467 e. The van der Waals surface area contributed by atoms with E-state index in [1.807, 2.05) is 32.0 Å². The second-order valence-corrected chi connectivity index (χ2v) is 7.68. The van der Waals surface area contributed by atoms with E-state index in [4.69, 9.17) is 9.47 Å². The first-order valence-corrected chi connectivity index (χ1v) is 10.4. The van der Waals surface area contributed by atoms with Gasteiger partial charge in [0.05, 0.1) is 17.7 Å². The van der Waals surface area contributed by atoms with Gasteiger partial charge in [0.15, 0.2) is 0 Å². The summed E-state index contributed by atoms with van der Waals surface area (Å²) < 4.78 is 9.65. The number of benzene rings is 1. The van der Waals surface area contributed by atoms with E-state index in [9.17, 15) is 19.7 Å². The number of nitrogens with one attached hydrogen (secondary N) is 1. The lowest BCUT2D eigenvalue weighted by Crippen LogP contribution is -2.46. The van der Waals surface area contributed by atoms with E-state index in [1.54, 1.807) is 6.92 Å². The lowest BCUT2D eigenvalue weighted by molar-refractivity contribution is -0.403. The molecular weight excluding hydrogens is 410 g/mol. The van der Waals surface area contributed by atoms with Crippen LogP contribution < -0.4 is 10.2 Å². The molecule has 0 saturated carbocycles. The summed E-state index contributed by atoms with van der Waals surface area (Å²) in [6.45, 7) is 6.21. The predicted octanol–water partition coefficient (Wildman–Crippen LogP) is 2.63. The van der Waals surface area contributed by atoms with Gasteiger partial charge in [-0.25, -0.2) is 4.79 Å². The quantitative estimate of drug-likeness (QED) is 0.409. The van der Waals surface area contributed by atoms with Gasteiger partial charge in [0.25, 0.3) is 12.1 Å². The molecule has 10 heteroatoms. The summed E-state index contributed by atoms with van der Waals surface area (Å²) in [7, 11) is 2.76. The molecule has 0 bridgehead atoms. The Morgan fingerprint density at radius 2 is 1.97 bits per heavy atom. The van der Waals surface area contributed by atoms with Crippen LogP contribution in [0.25, 0.3) is 0 Å². The maximum Gasteiger partial charge on any atom is 0.328 e. The van der Waals surface area contributed by atoms with Gasteiger partial charge in [0, 0.05) is 19.4 Å². The van der Waals surface area contributed by atoms with Crippen molar-refractivity contribution < 1.29 is 24.0 Å². The molecule has 0 radical (unpaired) electrons. The molecule has 1 amide bonds. The van der Waals surface area contributed by atoms with E-state index in [2.05, 4.69) is 5.32 Å². The minimum atomic E-state index is -0.706. The van der Waals surface area contributed by atoms with E-state index >= 15 is 0 Å². The zero-order valence-electron chi connectivity index (χ0n) is 18.0. The highest BCUT2D eigenvalue weighted by Gasteiger charge is 2.29. The molecule has 1 saturated heterocycles. The molecule has 0 aromatic heterocycles. The zero-order chi connectivity index (χ0) is 22.7. The molecule has 1 heterocycles. The summed E-state index contributed by atoms with van der Waals surface area (Å²) in [5, 5.41) is 13.6. The number of methoxy groups -OCH3 is 2. The molecule has 30 heavy (non-hydrogen) atoms. The molecule has 1 N–H and O–H groups in total. The molecule has 1 fully saturated rings. The van der Waals surface area contributed by atoms with Crippen LogP contribution in [-0.2, 0) is 19.1 Å². The second-order valence-electron chi connectivity index (χ2n) is 6.54. The number of ether oxygens (including phenoxy) is 2. The Morgan fingerprint density at radius 1 is 1.33 bits per heavy atom. The van der Waals surface area contributed by atoms with Gasteiger partial charge in [-0.05, 0) is 38.3 Å². The molecule has 166 valence electrons. The van der Waals surface area contributed by atoms with Crippen molar-refractivity contribution in [3.8, 4) is 0 Å². The molecule has 2 rings (SSSR count). The number of esters is 1. The summed E-state index contributed by atoms with van der Waals surface area (Å²) in [6, 6.07) is 5.01. The van der Waals surface area contributed by atoms with E-state index in [1.165, 1.54) is 30.9 Å². The first kappa shape index (κ1) is 25.4. The number of thioether (sulfide) groups is 1. The van der Waals surface area contributed by atoms with Gasteiger partial charge in [-0.3, -0.25) is 19.8 Å². The number of rotatable bonds is 6. The number of carbonyl (C=O) groups is 2. The van der Waals surface area contributed by atoms with Gasteiger partial charge in [0.2, 0.25) is 0 Å². The molecule has 1 aliphatic heterocycles. The van der Waals surface area contributed by atoms with E-state index in [0.29, 0.717) is 5.03 Å². The fourth-order valence-electron chi connectivity index (χ4n) is 2.88. The van der Waals surface area contributed by atoms with Gasteiger partial charge >= 0.3 is 5.97 Å². The molecule has 9 nitrogen and oxygen atoms in total. The molecule has 1 atom stereocenters. The van der Waals surface area contributed by atoms with Crippen LogP contribution in [-0.4, -0.2) is 56.0 Å². The maximum absolute atomic E-state index is 12.3. The lowest BCUT2D eigenvalue weighted by Gasteiger charge is -2.30. The van der Waals surface area contributed by atoms with Crippen LogP contribution >= 0.6 is 11.8 Å². The number of nitro groups is 1. The van der Waals surface area contributed by atoms with Crippen molar-refractivity contribution in [3.05, 3.63) is 50.7 Å². The summed E-state index contributed by atoms with van der Waals surface area (Å²) in [6.07, 6.45) is 2.10. The van der Waals surface area contributed by atoms with E-state index in [-0.39, 0.29) is 12.5 Å². The molecule has 1 aromatic carbocycles. The third kappa shape index (κ3) is 7.68. The number of hydrogen-bond donors (Lipinski definition) is 1. The van der Waals surface area contributed by atoms with Crippen LogP contribution in [0.3, 0.4) is 0 Å². The Labute approximate surface area is 180 Å². The number of amides is 1. The Hall–Kier alpha value is -2.59. The summed E-state index contributed by atoms with van der Waals surface area (Å²) in [4.78, 5) is 35.1.